The van der Waals surface area contributed by atoms with E-state index < -0.39 is 11.9 Å². The lowest BCUT2D eigenvalue weighted by molar-refractivity contribution is -0.159. The summed E-state index contributed by atoms with van der Waals surface area (Å²) in [6.07, 6.45) is 0.486. The van der Waals surface area contributed by atoms with Crippen molar-refractivity contribution in [3.05, 3.63) is 0 Å². The van der Waals surface area contributed by atoms with Crippen molar-refractivity contribution in [2.75, 3.05) is 13.2 Å². The molecule has 1 N–H and O–H groups in total. The van der Waals surface area contributed by atoms with E-state index in [9.17, 15) is 9.90 Å². The van der Waals surface area contributed by atoms with E-state index in [0.29, 0.717) is 19.6 Å². The summed E-state index contributed by atoms with van der Waals surface area (Å²) in [6.45, 7) is 4.69. The zero-order chi connectivity index (χ0) is 10.6. The van der Waals surface area contributed by atoms with Crippen LogP contribution in [0.15, 0.2) is 0 Å². The third-order valence-corrected chi connectivity index (χ3v) is 2.35. The predicted octanol–water partition coefficient (Wildman–Crippen LogP) is 0.870. The van der Waals surface area contributed by atoms with Gasteiger partial charge in [-0.2, -0.15) is 0 Å². The van der Waals surface area contributed by atoms with Crippen LogP contribution in [-0.2, 0) is 14.3 Å². The molecule has 0 amide bonds. The van der Waals surface area contributed by atoms with Crippen molar-refractivity contribution >= 4 is 5.78 Å². The predicted molar refractivity (Wildman–Crippen MR) is 50.8 cm³/mol. The first-order chi connectivity index (χ1) is 6.56. The fraction of sp³-hybridized carbons (Fsp3) is 0.900. The van der Waals surface area contributed by atoms with Crippen molar-refractivity contribution in [1.82, 2.24) is 0 Å². The molecule has 82 valence electrons. The van der Waals surface area contributed by atoms with Gasteiger partial charge in [0.05, 0.1) is 25.7 Å². The Hall–Kier alpha value is -0.450. The Bertz CT molecular complexity index is 196. The first-order valence-electron chi connectivity index (χ1n) is 5.03. The summed E-state index contributed by atoms with van der Waals surface area (Å²) in [4.78, 5) is 11.5. The minimum atomic E-state index is -0.759. The molecular formula is C10H18O4. The minimum absolute atomic E-state index is 0.0104. The highest BCUT2D eigenvalue weighted by Crippen LogP contribution is 2.23. The summed E-state index contributed by atoms with van der Waals surface area (Å²) in [6, 6.07) is 0. The average molecular weight is 202 g/mol. The van der Waals surface area contributed by atoms with Crippen molar-refractivity contribution < 1.29 is 19.4 Å². The van der Waals surface area contributed by atoms with Crippen LogP contribution >= 0.6 is 0 Å². The highest BCUT2D eigenvalue weighted by molar-refractivity contribution is 5.79. The molecule has 0 bridgehead atoms. The summed E-state index contributed by atoms with van der Waals surface area (Å²) in [5.41, 5.74) is 0. The second-order valence-electron chi connectivity index (χ2n) is 3.81. The number of hydrogen-bond acceptors (Lipinski definition) is 4. The van der Waals surface area contributed by atoms with Crippen LogP contribution in [0.3, 0.4) is 0 Å². The van der Waals surface area contributed by atoms with Crippen molar-refractivity contribution in [2.24, 2.45) is 0 Å². The number of hydrogen-bond donors (Lipinski definition) is 1. The standard InChI is InChI=1S/C10H18O4/c1-3-8(11)6-9(12)7-10(2)13-4-5-14-10/h8,11H,3-7H2,1-2H3. The Morgan fingerprint density at radius 2 is 2.07 bits per heavy atom. The average Bonchev–Trinajstić information content (AvgIpc) is 2.51. The summed E-state index contributed by atoms with van der Waals surface area (Å²) < 4.78 is 10.6. The zero-order valence-corrected chi connectivity index (χ0v) is 8.78. The van der Waals surface area contributed by atoms with E-state index in [1.165, 1.54) is 0 Å². The molecule has 0 aromatic carbocycles. The molecule has 0 aromatic rings. The van der Waals surface area contributed by atoms with E-state index in [1.807, 2.05) is 6.92 Å². The molecular weight excluding hydrogens is 184 g/mol. The summed E-state index contributed by atoms with van der Waals surface area (Å²) in [5, 5.41) is 9.28. The normalized spacial score (nSPS) is 22.2. The van der Waals surface area contributed by atoms with Gasteiger partial charge < -0.3 is 14.6 Å². The number of rotatable bonds is 5. The molecule has 0 saturated carbocycles. The number of aliphatic hydroxyl groups is 1. The van der Waals surface area contributed by atoms with Gasteiger partial charge in [-0.25, -0.2) is 0 Å². The minimum Gasteiger partial charge on any atom is -0.393 e. The molecule has 0 aliphatic carbocycles. The van der Waals surface area contributed by atoms with E-state index in [4.69, 9.17) is 9.47 Å². The Balaban J connectivity index is 2.32. The molecule has 1 atom stereocenters. The maximum absolute atomic E-state index is 11.5. The molecule has 0 radical (unpaired) electrons. The molecule has 1 aliphatic rings. The first kappa shape index (κ1) is 11.6. The second kappa shape index (κ2) is 4.87. The van der Waals surface area contributed by atoms with Crippen LogP contribution < -0.4 is 0 Å². The van der Waals surface area contributed by atoms with Gasteiger partial charge in [0.25, 0.3) is 0 Å². The van der Waals surface area contributed by atoms with Gasteiger partial charge in [0.1, 0.15) is 5.78 Å². The lowest BCUT2D eigenvalue weighted by atomic mass is 10.0. The Morgan fingerprint density at radius 1 is 1.50 bits per heavy atom. The van der Waals surface area contributed by atoms with Crippen LogP contribution in [0.2, 0.25) is 0 Å². The topological polar surface area (TPSA) is 55.8 Å². The Morgan fingerprint density at radius 3 is 2.57 bits per heavy atom. The Kier molecular flexibility index (Phi) is 4.04. The lowest BCUT2D eigenvalue weighted by Gasteiger charge is -2.21. The van der Waals surface area contributed by atoms with Crippen molar-refractivity contribution in [2.45, 2.75) is 45.0 Å². The van der Waals surface area contributed by atoms with Crippen LogP contribution in [0.4, 0.5) is 0 Å². The molecule has 4 nitrogen and oxygen atoms in total. The van der Waals surface area contributed by atoms with Gasteiger partial charge in [-0.3, -0.25) is 4.79 Å². The third-order valence-electron chi connectivity index (χ3n) is 2.35. The van der Waals surface area contributed by atoms with Gasteiger partial charge in [-0.15, -0.1) is 0 Å². The Labute approximate surface area is 84.2 Å². The van der Waals surface area contributed by atoms with Crippen LogP contribution in [-0.4, -0.2) is 36.0 Å². The van der Waals surface area contributed by atoms with Gasteiger partial charge in [0, 0.05) is 6.42 Å². The maximum atomic E-state index is 11.5. The molecule has 1 saturated heterocycles. The summed E-state index contributed by atoms with van der Waals surface area (Å²) in [7, 11) is 0. The molecule has 0 aromatic heterocycles. The maximum Gasteiger partial charge on any atom is 0.172 e. The summed E-state index contributed by atoms with van der Waals surface area (Å²) in [5.74, 6) is -0.770. The van der Waals surface area contributed by atoms with Crippen molar-refractivity contribution in [1.29, 1.82) is 0 Å². The first-order valence-corrected chi connectivity index (χ1v) is 5.03. The van der Waals surface area contributed by atoms with Gasteiger partial charge in [0.2, 0.25) is 0 Å². The number of carbonyl (C=O) groups is 1. The third kappa shape index (κ3) is 3.36. The highest BCUT2D eigenvalue weighted by Gasteiger charge is 2.33. The SMILES string of the molecule is CCC(O)CC(=O)CC1(C)OCCO1. The number of Topliss-reactive ketones (excluding diaryl/α,β-unsaturated/α-hetero) is 1. The molecule has 1 aliphatic heterocycles. The van der Waals surface area contributed by atoms with E-state index in [2.05, 4.69) is 0 Å². The second-order valence-corrected chi connectivity index (χ2v) is 3.81. The molecule has 1 fully saturated rings. The van der Waals surface area contributed by atoms with Gasteiger partial charge in [-0.05, 0) is 13.3 Å². The lowest BCUT2D eigenvalue weighted by Crippen LogP contribution is -2.30. The summed E-state index contributed by atoms with van der Waals surface area (Å²) >= 11 is 0. The molecule has 0 spiro atoms. The quantitative estimate of drug-likeness (QED) is 0.718. The molecule has 4 heteroatoms. The molecule has 1 unspecified atom stereocenters. The van der Waals surface area contributed by atoms with Crippen LogP contribution in [0.1, 0.15) is 33.1 Å². The van der Waals surface area contributed by atoms with Gasteiger partial charge in [0.15, 0.2) is 5.79 Å². The van der Waals surface area contributed by atoms with Crippen molar-refractivity contribution in [3.8, 4) is 0 Å². The monoisotopic (exact) mass is 202 g/mol. The fourth-order valence-electron chi connectivity index (χ4n) is 1.50. The largest absolute Gasteiger partial charge is 0.393 e. The van der Waals surface area contributed by atoms with Gasteiger partial charge in [-0.1, -0.05) is 6.92 Å². The van der Waals surface area contributed by atoms with Crippen LogP contribution in [0.25, 0.3) is 0 Å². The van der Waals surface area contributed by atoms with E-state index >= 15 is 0 Å². The van der Waals surface area contributed by atoms with Gasteiger partial charge >= 0.3 is 0 Å². The van der Waals surface area contributed by atoms with E-state index in [1.54, 1.807) is 6.92 Å². The molecule has 1 heterocycles. The molecule has 14 heavy (non-hydrogen) atoms. The number of aliphatic hydroxyl groups excluding tert-OH is 1. The smallest absolute Gasteiger partial charge is 0.172 e. The molecule has 1 rings (SSSR count). The highest BCUT2D eigenvalue weighted by atomic mass is 16.7. The number of ether oxygens (including phenoxy) is 2. The zero-order valence-electron chi connectivity index (χ0n) is 8.78. The van der Waals surface area contributed by atoms with E-state index in [-0.39, 0.29) is 18.6 Å². The van der Waals surface area contributed by atoms with Crippen LogP contribution in [0, 0.1) is 0 Å². The number of carbonyl (C=O) groups excluding carboxylic acids is 1. The van der Waals surface area contributed by atoms with E-state index in [0.717, 1.165) is 0 Å². The van der Waals surface area contributed by atoms with Crippen LogP contribution in [0.5, 0.6) is 0 Å². The fourth-order valence-corrected chi connectivity index (χ4v) is 1.50. The number of ketones is 1. The van der Waals surface area contributed by atoms with Crippen molar-refractivity contribution in [3.63, 3.8) is 0 Å².